The van der Waals surface area contributed by atoms with Gasteiger partial charge in [0.15, 0.2) is 0 Å². The van der Waals surface area contributed by atoms with Gasteiger partial charge in [0.2, 0.25) is 0 Å². The zero-order valence-electron chi connectivity index (χ0n) is 15.6. The number of hydrogen-bond donors (Lipinski definition) is 2. The van der Waals surface area contributed by atoms with Crippen LogP contribution in [0.5, 0.6) is 0 Å². The summed E-state index contributed by atoms with van der Waals surface area (Å²) < 4.78 is 6.22. The average Bonchev–Trinajstić information content (AvgIpc) is 2.95. The van der Waals surface area contributed by atoms with E-state index in [0.29, 0.717) is 23.5 Å². The van der Waals surface area contributed by atoms with Crippen molar-refractivity contribution in [2.75, 3.05) is 5.75 Å². The highest BCUT2D eigenvalue weighted by molar-refractivity contribution is 7.80. The summed E-state index contributed by atoms with van der Waals surface area (Å²) >= 11 is 4.50. The third-order valence-corrected chi connectivity index (χ3v) is 4.45. The van der Waals surface area contributed by atoms with Gasteiger partial charge >= 0.3 is 0 Å². The van der Waals surface area contributed by atoms with Gasteiger partial charge in [-0.1, -0.05) is 48.1 Å². The van der Waals surface area contributed by atoms with E-state index in [1.54, 1.807) is 6.08 Å². The van der Waals surface area contributed by atoms with Crippen LogP contribution in [0, 0.1) is 11.8 Å². The van der Waals surface area contributed by atoms with Crippen LogP contribution in [0.4, 0.5) is 0 Å². The van der Waals surface area contributed by atoms with E-state index < -0.39 is 0 Å². The minimum atomic E-state index is -0.00676. The molecule has 2 N–H and O–H groups in total. The van der Waals surface area contributed by atoms with Crippen molar-refractivity contribution in [3.8, 4) is 0 Å². The summed E-state index contributed by atoms with van der Waals surface area (Å²) in [6.07, 6.45) is 6.03. The number of thiol groups is 1. The second-order valence-corrected chi connectivity index (χ2v) is 5.43. The molecule has 0 aromatic carbocycles. The maximum atomic E-state index is 6.22. The molecule has 0 bridgehead atoms. The van der Waals surface area contributed by atoms with Crippen LogP contribution in [0.3, 0.4) is 0 Å². The Labute approximate surface area is 148 Å². The molecule has 1 fully saturated rings. The molecule has 0 aliphatic carbocycles. The predicted octanol–water partition coefficient (Wildman–Crippen LogP) is 4.40. The molecule has 2 aliphatic heterocycles. The first-order chi connectivity index (χ1) is 11.1. The van der Waals surface area contributed by atoms with Gasteiger partial charge in [-0.2, -0.15) is 12.6 Å². The van der Waals surface area contributed by atoms with Gasteiger partial charge in [0, 0.05) is 18.0 Å². The third kappa shape index (κ3) is 5.28. The lowest BCUT2D eigenvalue weighted by Gasteiger charge is -2.32. The number of aliphatic imine (C=N–C) groups is 1. The first-order valence-electron chi connectivity index (χ1n) is 8.88. The molecule has 5 heteroatoms. The molecule has 4 atom stereocenters. The van der Waals surface area contributed by atoms with Crippen LogP contribution >= 0.6 is 12.6 Å². The van der Waals surface area contributed by atoms with Crippen molar-refractivity contribution in [2.45, 2.75) is 66.7 Å². The Kier molecular flexibility index (Phi) is 11.1. The summed E-state index contributed by atoms with van der Waals surface area (Å²) in [4.78, 5) is 6.22. The third-order valence-electron chi connectivity index (χ3n) is 4.03. The fourth-order valence-corrected chi connectivity index (χ4v) is 3.52. The Morgan fingerprint density at radius 3 is 2.26 bits per heavy atom. The largest absolute Gasteiger partial charge is 0.384 e. The van der Waals surface area contributed by atoms with Crippen LogP contribution in [0.2, 0.25) is 0 Å². The Bertz CT molecular complexity index is 409. The van der Waals surface area contributed by atoms with E-state index in [-0.39, 0.29) is 12.3 Å². The molecular weight excluding hydrogens is 306 g/mol. The lowest BCUT2D eigenvalue weighted by molar-refractivity contribution is -0.0377. The monoisotopic (exact) mass is 341 g/mol. The van der Waals surface area contributed by atoms with Crippen LogP contribution in [0.25, 0.3) is 0 Å². The normalized spacial score (nSPS) is 29.3. The zero-order valence-corrected chi connectivity index (χ0v) is 16.5. The molecule has 0 aromatic heterocycles. The van der Waals surface area contributed by atoms with Crippen molar-refractivity contribution < 1.29 is 4.74 Å². The topological polar surface area (TPSA) is 50.8 Å². The van der Waals surface area contributed by atoms with Gasteiger partial charge in [-0.3, -0.25) is 0 Å². The Morgan fingerprint density at radius 1 is 1.22 bits per heavy atom. The number of ether oxygens (including phenoxy) is 1. The van der Waals surface area contributed by atoms with Gasteiger partial charge in [-0.05, 0) is 24.7 Å². The molecule has 23 heavy (non-hydrogen) atoms. The van der Waals surface area contributed by atoms with Gasteiger partial charge in [0.1, 0.15) is 17.9 Å². The van der Waals surface area contributed by atoms with Crippen molar-refractivity contribution in [2.24, 2.45) is 22.6 Å². The van der Waals surface area contributed by atoms with Crippen LogP contribution < -0.4 is 5.73 Å². The number of hydrogen-bond acceptors (Lipinski definition) is 5. The summed E-state index contributed by atoms with van der Waals surface area (Å²) in [5, 5.41) is 0. The summed E-state index contributed by atoms with van der Waals surface area (Å²) in [5.74, 6) is 2.91. The molecule has 4 nitrogen and oxygen atoms in total. The predicted molar refractivity (Wildman–Crippen MR) is 105 cm³/mol. The molecule has 2 aliphatic rings. The van der Waals surface area contributed by atoms with Crippen molar-refractivity contribution in [3.05, 3.63) is 24.7 Å². The fourth-order valence-electron chi connectivity index (χ4n) is 3.01. The van der Waals surface area contributed by atoms with Gasteiger partial charge in [-0.15, -0.1) is 0 Å². The van der Waals surface area contributed by atoms with Gasteiger partial charge in [0.05, 0.1) is 6.10 Å². The summed E-state index contributed by atoms with van der Waals surface area (Å²) in [6.45, 7) is 16.3. The van der Waals surface area contributed by atoms with E-state index >= 15 is 0 Å². The molecule has 0 radical (unpaired) electrons. The molecule has 0 saturated carbocycles. The minimum Gasteiger partial charge on any atom is -0.384 e. The Morgan fingerprint density at radius 2 is 1.83 bits per heavy atom. The van der Waals surface area contributed by atoms with E-state index in [9.17, 15) is 0 Å². The number of amidine groups is 1. The maximum Gasteiger partial charge on any atom is 0.138 e. The van der Waals surface area contributed by atoms with Crippen molar-refractivity contribution in [3.63, 3.8) is 0 Å². The van der Waals surface area contributed by atoms with Crippen LogP contribution in [-0.4, -0.2) is 28.8 Å². The molecule has 0 spiro atoms. The highest BCUT2D eigenvalue weighted by Crippen LogP contribution is 2.40. The molecule has 0 aromatic rings. The van der Waals surface area contributed by atoms with Gasteiger partial charge < -0.3 is 15.4 Å². The molecular formula is C18H35N3OS. The fraction of sp³-hybridized carbons (Fsp3) is 0.722. The standard InChI is InChI=1S/C14H23N3OS.2C2H6/c1-4-10-11(8-19)12(5-2)18-14(10)17-7-6-13(15)16-9(17)3;2*1-2/h6-7,10-12,14,19H,3-5,8H2,1-2H3,(H2,15,16);2*1-2H3. The highest BCUT2D eigenvalue weighted by atomic mass is 32.1. The van der Waals surface area contributed by atoms with E-state index in [0.717, 1.165) is 18.6 Å². The number of rotatable bonds is 4. The quantitative estimate of drug-likeness (QED) is 0.745. The SMILES string of the molecule is C=C1N=C(N)C=CN1C1OC(CC)C(CS)C1CC.CC.CC. The lowest BCUT2D eigenvalue weighted by Crippen LogP contribution is -2.37. The maximum absolute atomic E-state index is 6.22. The first kappa shape index (κ1) is 22.1. The van der Waals surface area contributed by atoms with Crippen molar-refractivity contribution >= 4 is 18.5 Å². The molecule has 1 saturated heterocycles. The van der Waals surface area contributed by atoms with E-state index in [1.807, 2.05) is 38.8 Å². The molecule has 134 valence electrons. The van der Waals surface area contributed by atoms with Crippen LogP contribution in [-0.2, 0) is 4.74 Å². The zero-order chi connectivity index (χ0) is 18.0. The van der Waals surface area contributed by atoms with Crippen LogP contribution in [0.15, 0.2) is 29.7 Å². The van der Waals surface area contributed by atoms with E-state index in [1.165, 1.54) is 0 Å². The second-order valence-electron chi connectivity index (χ2n) is 5.07. The van der Waals surface area contributed by atoms with Gasteiger partial charge in [-0.25, -0.2) is 4.99 Å². The van der Waals surface area contributed by atoms with E-state index in [2.05, 4.69) is 38.0 Å². The minimum absolute atomic E-state index is 0.00676. The molecule has 0 amide bonds. The summed E-state index contributed by atoms with van der Waals surface area (Å²) in [7, 11) is 0. The Hall–Kier alpha value is -0.940. The second kappa shape index (κ2) is 11.6. The lowest BCUT2D eigenvalue weighted by atomic mass is 9.87. The van der Waals surface area contributed by atoms with Crippen molar-refractivity contribution in [1.29, 1.82) is 0 Å². The first-order valence-corrected chi connectivity index (χ1v) is 9.51. The average molecular weight is 342 g/mol. The van der Waals surface area contributed by atoms with Crippen molar-refractivity contribution in [1.82, 2.24) is 4.90 Å². The smallest absolute Gasteiger partial charge is 0.138 e. The number of nitrogens with two attached hydrogens (primary N) is 1. The summed E-state index contributed by atoms with van der Waals surface area (Å²) in [5.41, 5.74) is 5.68. The molecule has 2 heterocycles. The molecule has 2 rings (SSSR count). The highest BCUT2D eigenvalue weighted by Gasteiger charge is 2.44. The molecule has 4 unspecified atom stereocenters. The number of nitrogens with zero attached hydrogens (tertiary/aromatic N) is 2. The van der Waals surface area contributed by atoms with Crippen LogP contribution in [0.1, 0.15) is 54.4 Å². The Balaban J connectivity index is 0.00000112. The summed E-state index contributed by atoms with van der Waals surface area (Å²) in [6, 6.07) is 0. The van der Waals surface area contributed by atoms with Gasteiger partial charge in [0.25, 0.3) is 0 Å². The van der Waals surface area contributed by atoms with E-state index in [4.69, 9.17) is 10.5 Å².